The SMILES string of the molecule is Cc1cnc([S@](=O)C[C@@H]2CCCCN2C(=O)OC(C)(C)C)nc1Cl. The molecule has 1 aromatic heterocycles. The predicted octanol–water partition coefficient (Wildman–Crippen LogP) is 3.34. The third-order valence-electron chi connectivity index (χ3n) is 3.69. The Labute approximate surface area is 150 Å². The van der Waals surface area contributed by atoms with Gasteiger partial charge >= 0.3 is 6.09 Å². The molecule has 0 saturated carbocycles. The molecule has 134 valence electrons. The van der Waals surface area contributed by atoms with E-state index in [9.17, 15) is 9.00 Å². The summed E-state index contributed by atoms with van der Waals surface area (Å²) in [4.78, 5) is 22.3. The fourth-order valence-corrected chi connectivity index (χ4v) is 3.89. The number of halogens is 1. The van der Waals surface area contributed by atoms with Crippen molar-refractivity contribution in [2.24, 2.45) is 0 Å². The first-order valence-electron chi connectivity index (χ1n) is 8.04. The minimum atomic E-state index is -1.42. The van der Waals surface area contributed by atoms with E-state index in [1.165, 1.54) is 0 Å². The molecular formula is C16H24ClN3O3S. The van der Waals surface area contributed by atoms with Crippen LogP contribution in [-0.4, -0.2) is 49.1 Å². The molecule has 2 atom stereocenters. The molecule has 1 fully saturated rings. The normalized spacial score (nSPS) is 19.9. The van der Waals surface area contributed by atoms with E-state index in [4.69, 9.17) is 16.3 Å². The molecule has 2 rings (SSSR count). The van der Waals surface area contributed by atoms with Crippen molar-refractivity contribution >= 4 is 28.5 Å². The molecular weight excluding hydrogens is 350 g/mol. The zero-order chi connectivity index (χ0) is 17.9. The number of likely N-dealkylation sites (tertiary alicyclic amines) is 1. The Hall–Kier alpha value is -1.21. The van der Waals surface area contributed by atoms with Gasteiger partial charge < -0.3 is 9.64 Å². The largest absolute Gasteiger partial charge is 0.444 e. The molecule has 0 spiro atoms. The van der Waals surface area contributed by atoms with Gasteiger partial charge in [-0.1, -0.05) is 11.6 Å². The Morgan fingerprint density at radius 1 is 1.46 bits per heavy atom. The summed E-state index contributed by atoms with van der Waals surface area (Å²) in [6.07, 6.45) is 3.93. The first-order chi connectivity index (χ1) is 11.2. The van der Waals surface area contributed by atoms with Gasteiger partial charge in [0.05, 0.1) is 16.6 Å². The fourth-order valence-electron chi connectivity index (χ4n) is 2.50. The second-order valence-electron chi connectivity index (χ2n) is 6.96. The van der Waals surface area contributed by atoms with E-state index < -0.39 is 16.4 Å². The number of amides is 1. The molecule has 6 nitrogen and oxygen atoms in total. The van der Waals surface area contributed by atoms with E-state index in [0.29, 0.717) is 17.5 Å². The van der Waals surface area contributed by atoms with Crippen molar-refractivity contribution in [1.29, 1.82) is 0 Å². The summed E-state index contributed by atoms with van der Waals surface area (Å²) in [6.45, 7) is 7.92. The van der Waals surface area contributed by atoms with Gasteiger partial charge in [-0.2, -0.15) is 0 Å². The molecule has 8 heteroatoms. The Bertz CT molecular complexity index is 633. The Morgan fingerprint density at radius 3 is 2.79 bits per heavy atom. The summed E-state index contributed by atoms with van der Waals surface area (Å²) in [5.74, 6) is 0.290. The molecule has 0 aliphatic carbocycles. The van der Waals surface area contributed by atoms with Crippen molar-refractivity contribution in [2.45, 2.75) is 63.8 Å². The number of carbonyl (C=O) groups excluding carboxylic acids is 1. The third kappa shape index (κ3) is 5.14. The highest BCUT2D eigenvalue weighted by Gasteiger charge is 2.32. The van der Waals surface area contributed by atoms with Crippen LogP contribution in [0.25, 0.3) is 0 Å². The van der Waals surface area contributed by atoms with Crippen LogP contribution in [0.4, 0.5) is 4.79 Å². The van der Waals surface area contributed by atoms with E-state index in [0.717, 1.165) is 24.8 Å². The van der Waals surface area contributed by atoms with Gasteiger partial charge in [0.15, 0.2) is 0 Å². The number of aromatic nitrogens is 2. The van der Waals surface area contributed by atoms with Crippen molar-refractivity contribution in [3.63, 3.8) is 0 Å². The van der Waals surface area contributed by atoms with Crippen LogP contribution >= 0.6 is 11.6 Å². The van der Waals surface area contributed by atoms with E-state index in [1.807, 2.05) is 20.8 Å². The zero-order valence-corrected chi connectivity index (χ0v) is 16.1. The van der Waals surface area contributed by atoms with Crippen LogP contribution in [0, 0.1) is 6.92 Å². The molecule has 0 bridgehead atoms. The smallest absolute Gasteiger partial charge is 0.410 e. The van der Waals surface area contributed by atoms with Crippen LogP contribution in [-0.2, 0) is 15.5 Å². The molecule has 2 heterocycles. The first kappa shape index (κ1) is 19.1. The lowest BCUT2D eigenvalue weighted by atomic mass is 10.0. The maximum Gasteiger partial charge on any atom is 0.410 e. The minimum Gasteiger partial charge on any atom is -0.444 e. The molecule has 1 saturated heterocycles. The second-order valence-corrected chi connectivity index (χ2v) is 8.71. The van der Waals surface area contributed by atoms with E-state index in [2.05, 4.69) is 9.97 Å². The van der Waals surface area contributed by atoms with Crippen LogP contribution in [0.3, 0.4) is 0 Å². The molecule has 1 aliphatic rings. The van der Waals surface area contributed by atoms with Gasteiger partial charge in [-0.15, -0.1) is 0 Å². The highest BCUT2D eigenvalue weighted by atomic mass is 35.5. The number of nitrogens with zero attached hydrogens (tertiary/aromatic N) is 3. The summed E-state index contributed by atoms with van der Waals surface area (Å²) in [7, 11) is -1.42. The standard InChI is InChI=1S/C16H24ClN3O3S/c1-11-9-18-14(19-13(11)17)24(22)10-12-7-5-6-8-20(12)15(21)23-16(2,3)4/h9,12H,5-8,10H2,1-4H3/t12-,24+/m0/s1. The molecule has 1 amide bonds. The summed E-state index contributed by atoms with van der Waals surface area (Å²) in [5, 5.41) is 0.515. The molecule has 1 aliphatic heterocycles. The quantitative estimate of drug-likeness (QED) is 0.600. The predicted molar refractivity (Wildman–Crippen MR) is 93.6 cm³/mol. The molecule has 0 aromatic carbocycles. The maximum absolute atomic E-state index is 12.6. The Balaban J connectivity index is 2.08. The topological polar surface area (TPSA) is 72.4 Å². The average molecular weight is 374 g/mol. The van der Waals surface area contributed by atoms with E-state index >= 15 is 0 Å². The second kappa shape index (κ2) is 7.78. The summed E-state index contributed by atoms with van der Waals surface area (Å²) < 4.78 is 18.0. The van der Waals surface area contributed by atoms with Crippen molar-refractivity contribution in [3.8, 4) is 0 Å². The Kier molecular flexibility index (Phi) is 6.20. The van der Waals surface area contributed by atoms with Crippen LogP contribution in [0.2, 0.25) is 5.15 Å². The number of hydrogen-bond donors (Lipinski definition) is 0. The van der Waals surface area contributed by atoms with Crippen molar-refractivity contribution < 1.29 is 13.7 Å². The van der Waals surface area contributed by atoms with Crippen LogP contribution in [0.15, 0.2) is 11.4 Å². The molecule has 0 unspecified atom stereocenters. The summed E-state index contributed by atoms with van der Waals surface area (Å²) in [6, 6.07) is -0.141. The number of piperidine rings is 1. The van der Waals surface area contributed by atoms with Gasteiger partial charge in [0.1, 0.15) is 10.8 Å². The van der Waals surface area contributed by atoms with Gasteiger partial charge in [0, 0.05) is 24.3 Å². The van der Waals surface area contributed by atoms with E-state index in [-0.39, 0.29) is 17.3 Å². The van der Waals surface area contributed by atoms with Crippen molar-refractivity contribution in [3.05, 3.63) is 16.9 Å². The third-order valence-corrected chi connectivity index (χ3v) is 5.36. The Morgan fingerprint density at radius 2 is 2.17 bits per heavy atom. The van der Waals surface area contributed by atoms with Gasteiger partial charge in [-0.05, 0) is 47.0 Å². The number of hydrogen-bond acceptors (Lipinski definition) is 5. The lowest BCUT2D eigenvalue weighted by molar-refractivity contribution is 0.0125. The molecule has 24 heavy (non-hydrogen) atoms. The highest BCUT2D eigenvalue weighted by Crippen LogP contribution is 2.22. The summed E-state index contributed by atoms with van der Waals surface area (Å²) in [5.41, 5.74) is 0.191. The van der Waals surface area contributed by atoms with E-state index in [1.54, 1.807) is 18.0 Å². The monoisotopic (exact) mass is 373 g/mol. The molecule has 1 aromatic rings. The number of ether oxygens (including phenoxy) is 1. The molecule has 0 N–H and O–H groups in total. The van der Waals surface area contributed by atoms with Gasteiger partial charge in [0.25, 0.3) is 0 Å². The summed E-state index contributed by atoms with van der Waals surface area (Å²) >= 11 is 5.98. The number of rotatable bonds is 3. The first-order valence-corrected chi connectivity index (χ1v) is 9.74. The van der Waals surface area contributed by atoms with Crippen molar-refractivity contribution in [2.75, 3.05) is 12.3 Å². The van der Waals surface area contributed by atoms with Crippen molar-refractivity contribution in [1.82, 2.24) is 14.9 Å². The lowest BCUT2D eigenvalue weighted by Gasteiger charge is -2.36. The molecule has 0 radical (unpaired) electrons. The van der Waals surface area contributed by atoms with Crippen LogP contribution < -0.4 is 0 Å². The maximum atomic E-state index is 12.6. The lowest BCUT2D eigenvalue weighted by Crippen LogP contribution is -2.48. The number of aryl methyl sites for hydroxylation is 1. The highest BCUT2D eigenvalue weighted by molar-refractivity contribution is 7.84. The van der Waals surface area contributed by atoms with Gasteiger partial charge in [0.2, 0.25) is 5.16 Å². The minimum absolute atomic E-state index is 0.141. The number of carbonyl (C=O) groups is 1. The zero-order valence-electron chi connectivity index (χ0n) is 14.5. The van der Waals surface area contributed by atoms with Gasteiger partial charge in [-0.25, -0.2) is 14.8 Å². The van der Waals surface area contributed by atoms with Gasteiger partial charge in [-0.3, -0.25) is 4.21 Å². The average Bonchev–Trinajstić information content (AvgIpc) is 2.48. The van der Waals surface area contributed by atoms with Crippen LogP contribution in [0.5, 0.6) is 0 Å². The van der Waals surface area contributed by atoms with Crippen LogP contribution in [0.1, 0.15) is 45.6 Å². The fraction of sp³-hybridized carbons (Fsp3) is 0.688.